The molecule has 0 saturated heterocycles. The fraction of sp³-hybridized carbons (Fsp3) is 0.444. The molecule has 0 heterocycles. The van der Waals surface area contributed by atoms with Crippen molar-refractivity contribution < 1.29 is 19.7 Å². The minimum absolute atomic E-state index is 0.221. The van der Waals surface area contributed by atoms with Crippen LogP contribution in [0.25, 0.3) is 0 Å². The summed E-state index contributed by atoms with van der Waals surface area (Å²) in [5, 5.41) is 20.2. The zero-order valence-electron chi connectivity index (χ0n) is 13.5. The summed E-state index contributed by atoms with van der Waals surface area (Å²) in [5.74, 6) is 0. The Kier molecular flexibility index (Phi) is 9.99. The molecule has 0 bridgehead atoms. The van der Waals surface area contributed by atoms with Crippen molar-refractivity contribution in [3.8, 4) is 0 Å². The molecule has 1 aromatic rings. The van der Waals surface area contributed by atoms with Crippen molar-refractivity contribution in [2.24, 2.45) is 0 Å². The summed E-state index contributed by atoms with van der Waals surface area (Å²) in [6.45, 7) is 9.11. The van der Waals surface area contributed by atoms with E-state index >= 15 is 0 Å². The number of ether oxygens (including phenoxy) is 2. The molecule has 0 fully saturated rings. The van der Waals surface area contributed by atoms with Gasteiger partial charge < -0.3 is 24.6 Å². The fourth-order valence-electron chi connectivity index (χ4n) is 2.11. The molecule has 0 aromatic heterocycles. The fourth-order valence-corrected chi connectivity index (χ4v) is 2.11. The van der Waals surface area contributed by atoms with Gasteiger partial charge in [0.05, 0.1) is 38.6 Å². The summed E-state index contributed by atoms with van der Waals surface area (Å²) in [4.78, 5) is 1.92. The van der Waals surface area contributed by atoms with E-state index in [0.29, 0.717) is 26.3 Å². The molecule has 2 atom stereocenters. The average Bonchev–Trinajstić information content (AvgIpc) is 2.55. The molecule has 5 heteroatoms. The third-order valence-electron chi connectivity index (χ3n) is 3.08. The van der Waals surface area contributed by atoms with E-state index in [-0.39, 0.29) is 13.2 Å². The Morgan fingerprint density at radius 1 is 0.913 bits per heavy atom. The van der Waals surface area contributed by atoms with Gasteiger partial charge in [0, 0.05) is 18.8 Å². The van der Waals surface area contributed by atoms with Crippen molar-refractivity contribution in [3.05, 3.63) is 55.6 Å². The molecule has 23 heavy (non-hydrogen) atoms. The normalized spacial score (nSPS) is 13.3. The molecule has 1 rings (SSSR count). The molecule has 0 radical (unpaired) electrons. The third-order valence-corrected chi connectivity index (χ3v) is 3.08. The lowest BCUT2D eigenvalue weighted by atomic mass is 10.2. The van der Waals surface area contributed by atoms with Gasteiger partial charge in [-0.25, -0.2) is 0 Å². The molecule has 0 aliphatic heterocycles. The van der Waals surface area contributed by atoms with E-state index in [4.69, 9.17) is 9.47 Å². The Morgan fingerprint density at radius 2 is 1.39 bits per heavy atom. The van der Waals surface area contributed by atoms with Gasteiger partial charge in [-0.05, 0) is 12.1 Å². The molecule has 1 aromatic carbocycles. The molecular weight excluding hydrogens is 294 g/mol. The lowest BCUT2D eigenvalue weighted by Gasteiger charge is -2.29. The van der Waals surface area contributed by atoms with Gasteiger partial charge in [0.2, 0.25) is 0 Å². The van der Waals surface area contributed by atoms with Crippen molar-refractivity contribution in [1.82, 2.24) is 0 Å². The van der Waals surface area contributed by atoms with Gasteiger partial charge in [-0.2, -0.15) is 0 Å². The van der Waals surface area contributed by atoms with Crippen LogP contribution in [-0.2, 0) is 9.47 Å². The number of rotatable bonds is 13. The molecule has 0 amide bonds. The van der Waals surface area contributed by atoms with Crippen molar-refractivity contribution in [2.75, 3.05) is 44.4 Å². The van der Waals surface area contributed by atoms with Gasteiger partial charge >= 0.3 is 0 Å². The van der Waals surface area contributed by atoms with Gasteiger partial charge in [-0.1, -0.05) is 30.4 Å². The summed E-state index contributed by atoms with van der Waals surface area (Å²) in [5.41, 5.74) is 0.929. The number of hydrogen-bond acceptors (Lipinski definition) is 5. The van der Waals surface area contributed by atoms with Crippen LogP contribution in [0.4, 0.5) is 5.69 Å². The number of nitrogens with zero attached hydrogens (tertiary/aromatic N) is 1. The number of aliphatic hydroxyl groups excluding tert-OH is 2. The zero-order chi connectivity index (χ0) is 16.9. The summed E-state index contributed by atoms with van der Waals surface area (Å²) in [6.07, 6.45) is 1.97. The van der Waals surface area contributed by atoms with Gasteiger partial charge in [0.1, 0.15) is 0 Å². The van der Waals surface area contributed by atoms with Crippen molar-refractivity contribution in [3.63, 3.8) is 0 Å². The van der Waals surface area contributed by atoms with Crippen LogP contribution >= 0.6 is 0 Å². The number of anilines is 1. The first kappa shape index (κ1) is 19.4. The lowest BCUT2D eigenvalue weighted by Crippen LogP contribution is -2.41. The predicted molar refractivity (Wildman–Crippen MR) is 92.7 cm³/mol. The molecule has 0 aliphatic rings. The molecule has 0 aliphatic carbocycles. The minimum Gasteiger partial charge on any atom is -0.389 e. The van der Waals surface area contributed by atoms with Crippen LogP contribution in [0, 0.1) is 0 Å². The largest absolute Gasteiger partial charge is 0.389 e. The highest BCUT2D eigenvalue weighted by molar-refractivity contribution is 5.46. The molecule has 2 unspecified atom stereocenters. The first-order chi connectivity index (χ1) is 11.2. The first-order valence-corrected chi connectivity index (χ1v) is 7.70. The Bertz CT molecular complexity index is 416. The first-order valence-electron chi connectivity index (χ1n) is 7.70. The van der Waals surface area contributed by atoms with Crippen LogP contribution in [0.1, 0.15) is 0 Å². The van der Waals surface area contributed by atoms with Crippen LogP contribution in [0.5, 0.6) is 0 Å². The molecule has 5 nitrogen and oxygen atoms in total. The number of hydrogen-bond donors (Lipinski definition) is 2. The lowest BCUT2D eigenvalue weighted by molar-refractivity contribution is 0.0416. The second-order valence-electron chi connectivity index (χ2n) is 5.20. The third kappa shape index (κ3) is 8.52. The molecular formula is C18H27NO4. The highest BCUT2D eigenvalue weighted by Gasteiger charge is 2.16. The zero-order valence-corrected chi connectivity index (χ0v) is 13.5. The Morgan fingerprint density at radius 3 is 1.83 bits per heavy atom. The number of para-hydroxylation sites is 1. The van der Waals surface area contributed by atoms with E-state index in [0.717, 1.165) is 5.69 Å². The van der Waals surface area contributed by atoms with E-state index in [1.807, 2.05) is 35.2 Å². The standard InChI is InChI=1S/C18H27NO4/c1-3-10-22-14-17(20)12-19(16-8-6-5-7-9-16)13-18(21)15-23-11-4-2/h3-9,17-18,20-21H,1-2,10-15H2. The summed E-state index contributed by atoms with van der Waals surface area (Å²) in [6, 6.07) is 9.64. The quantitative estimate of drug-likeness (QED) is 0.427. The van der Waals surface area contributed by atoms with E-state index < -0.39 is 12.2 Å². The smallest absolute Gasteiger partial charge is 0.0948 e. The van der Waals surface area contributed by atoms with E-state index in [1.54, 1.807) is 12.2 Å². The van der Waals surface area contributed by atoms with Gasteiger partial charge in [-0.15, -0.1) is 13.2 Å². The summed E-state index contributed by atoms with van der Waals surface area (Å²) >= 11 is 0. The molecule has 2 N–H and O–H groups in total. The maximum absolute atomic E-state index is 10.1. The van der Waals surface area contributed by atoms with Crippen LogP contribution in [0.15, 0.2) is 55.6 Å². The predicted octanol–water partition coefficient (Wildman–Crippen LogP) is 1.62. The van der Waals surface area contributed by atoms with Crippen LogP contribution in [-0.4, -0.2) is 61.9 Å². The van der Waals surface area contributed by atoms with E-state index in [9.17, 15) is 10.2 Å². The maximum Gasteiger partial charge on any atom is 0.0948 e. The highest BCUT2D eigenvalue weighted by atomic mass is 16.5. The maximum atomic E-state index is 10.1. The van der Waals surface area contributed by atoms with Gasteiger partial charge in [-0.3, -0.25) is 0 Å². The van der Waals surface area contributed by atoms with Crippen molar-refractivity contribution in [2.45, 2.75) is 12.2 Å². The van der Waals surface area contributed by atoms with Crippen LogP contribution in [0.3, 0.4) is 0 Å². The van der Waals surface area contributed by atoms with Crippen LogP contribution in [0.2, 0.25) is 0 Å². The average molecular weight is 321 g/mol. The Labute approximate surface area is 138 Å². The van der Waals surface area contributed by atoms with E-state index in [1.165, 1.54) is 0 Å². The second-order valence-corrected chi connectivity index (χ2v) is 5.20. The van der Waals surface area contributed by atoms with Crippen LogP contribution < -0.4 is 4.90 Å². The summed E-state index contributed by atoms with van der Waals surface area (Å²) in [7, 11) is 0. The van der Waals surface area contributed by atoms with Gasteiger partial charge in [0.15, 0.2) is 0 Å². The monoisotopic (exact) mass is 321 g/mol. The van der Waals surface area contributed by atoms with Gasteiger partial charge in [0.25, 0.3) is 0 Å². The van der Waals surface area contributed by atoms with Crippen molar-refractivity contribution in [1.29, 1.82) is 0 Å². The molecule has 0 spiro atoms. The number of aliphatic hydroxyl groups is 2. The van der Waals surface area contributed by atoms with E-state index in [2.05, 4.69) is 13.2 Å². The summed E-state index contributed by atoms with van der Waals surface area (Å²) < 4.78 is 10.5. The minimum atomic E-state index is -0.656. The molecule has 0 saturated carbocycles. The topological polar surface area (TPSA) is 62.2 Å². The highest BCUT2D eigenvalue weighted by Crippen LogP contribution is 2.14. The Balaban J connectivity index is 2.58. The SMILES string of the molecule is C=CCOCC(O)CN(CC(O)COCC=C)c1ccccc1. The second kappa shape index (κ2) is 11.8. The van der Waals surface area contributed by atoms with Crippen molar-refractivity contribution >= 4 is 5.69 Å². The molecule has 128 valence electrons. The Hall–Kier alpha value is -1.66. The number of benzene rings is 1.